The van der Waals surface area contributed by atoms with Crippen LogP contribution in [0.2, 0.25) is 0 Å². The van der Waals surface area contributed by atoms with E-state index in [9.17, 15) is 4.79 Å². The molecule has 0 unspecified atom stereocenters. The van der Waals surface area contributed by atoms with Crippen LogP contribution >= 0.6 is 11.3 Å². The molecule has 0 aliphatic heterocycles. The van der Waals surface area contributed by atoms with Gasteiger partial charge in [0.05, 0.1) is 27.7 Å². The number of anilines is 1. The third-order valence-corrected chi connectivity index (χ3v) is 5.92. The van der Waals surface area contributed by atoms with Gasteiger partial charge in [0.15, 0.2) is 5.65 Å². The summed E-state index contributed by atoms with van der Waals surface area (Å²) < 4.78 is 1.88. The average Bonchev–Trinajstić information content (AvgIpc) is 3.39. The number of amides is 1. The second kappa shape index (κ2) is 7.79. The minimum atomic E-state index is -0.0321. The zero-order valence-corrected chi connectivity index (χ0v) is 17.9. The van der Waals surface area contributed by atoms with Crippen LogP contribution in [0.15, 0.2) is 54.0 Å². The summed E-state index contributed by atoms with van der Waals surface area (Å²) in [6.45, 7) is 8.75. The Morgan fingerprint density at radius 2 is 2.00 bits per heavy atom. The first kappa shape index (κ1) is 19.3. The monoisotopic (exact) mass is 404 g/mol. The van der Waals surface area contributed by atoms with Crippen LogP contribution in [0.25, 0.3) is 21.6 Å². The fourth-order valence-corrected chi connectivity index (χ4v) is 4.24. The Bertz CT molecular complexity index is 1160. The number of aromatic nitrogens is 3. The lowest BCUT2D eigenvalue weighted by Crippen LogP contribution is -2.31. The summed E-state index contributed by atoms with van der Waals surface area (Å²) in [7, 11) is 0. The van der Waals surface area contributed by atoms with Gasteiger partial charge in [-0.3, -0.25) is 4.79 Å². The average molecular weight is 405 g/mol. The normalized spacial score (nSPS) is 11.3. The standard InChI is InChI=1S/C23H24N4OS/c1-5-26(20-10-7-6-9-16(20)4)23(28)17-13-19(21-11-8-12-29-21)25-22-18(17)14-24-27(22)15(2)3/h6-15H,5H2,1-4H3. The molecule has 29 heavy (non-hydrogen) atoms. The van der Waals surface area contributed by atoms with E-state index in [1.54, 1.807) is 17.5 Å². The minimum Gasteiger partial charge on any atom is -0.308 e. The summed E-state index contributed by atoms with van der Waals surface area (Å²) in [6.07, 6.45) is 1.76. The molecule has 0 saturated heterocycles. The van der Waals surface area contributed by atoms with Gasteiger partial charge in [-0.2, -0.15) is 5.10 Å². The number of fused-ring (bicyclic) bond motifs is 1. The maximum Gasteiger partial charge on any atom is 0.259 e. The number of aryl methyl sites for hydroxylation is 1. The molecule has 6 heteroatoms. The van der Waals surface area contributed by atoms with Crippen LogP contribution in [0, 0.1) is 6.92 Å². The highest BCUT2D eigenvalue weighted by Crippen LogP contribution is 2.31. The van der Waals surface area contributed by atoms with Crippen molar-refractivity contribution >= 4 is 34.0 Å². The molecule has 148 valence electrons. The fraction of sp³-hybridized carbons (Fsp3) is 0.261. The van der Waals surface area contributed by atoms with Crippen molar-refractivity contribution in [1.29, 1.82) is 0 Å². The van der Waals surface area contributed by atoms with Crippen molar-refractivity contribution < 1.29 is 4.79 Å². The second-order valence-corrected chi connectivity index (χ2v) is 8.24. The quantitative estimate of drug-likeness (QED) is 0.428. The number of hydrogen-bond acceptors (Lipinski definition) is 4. The molecule has 4 rings (SSSR count). The van der Waals surface area contributed by atoms with E-state index in [1.165, 1.54) is 0 Å². The van der Waals surface area contributed by atoms with Crippen molar-refractivity contribution in [2.75, 3.05) is 11.4 Å². The highest BCUT2D eigenvalue weighted by Gasteiger charge is 2.23. The minimum absolute atomic E-state index is 0.0321. The zero-order valence-electron chi connectivity index (χ0n) is 17.1. The Hall–Kier alpha value is -2.99. The molecule has 1 amide bonds. The first-order chi connectivity index (χ1) is 14.0. The number of hydrogen-bond donors (Lipinski definition) is 0. The number of carbonyl (C=O) groups is 1. The van der Waals surface area contributed by atoms with E-state index >= 15 is 0 Å². The summed E-state index contributed by atoms with van der Waals surface area (Å²) >= 11 is 1.62. The molecule has 0 aliphatic carbocycles. The summed E-state index contributed by atoms with van der Waals surface area (Å²) in [5.74, 6) is -0.0321. The molecule has 0 fully saturated rings. The summed E-state index contributed by atoms with van der Waals surface area (Å²) in [5, 5.41) is 7.33. The molecule has 3 heterocycles. The van der Waals surface area contributed by atoms with E-state index in [4.69, 9.17) is 4.98 Å². The van der Waals surface area contributed by atoms with E-state index in [1.807, 2.05) is 71.3 Å². The third-order valence-electron chi connectivity index (χ3n) is 5.03. The molecule has 3 aromatic heterocycles. The summed E-state index contributed by atoms with van der Waals surface area (Å²) in [5.41, 5.74) is 4.19. The summed E-state index contributed by atoms with van der Waals surface area (Å²) in [4.78, 5) is 21.4. The Morgan fingerprint density at radius 3 is 2.66 bits per heavy atom. The van der Waals surface area contributed by atoms with Gasteiger partial charge in [-0.1, -0.05) is 24.3 Å². The zero-order chi connectivity index (χ0) is 20.5. The third kappa shape index (κ3) is 3.44. The predicted molar refractivity (Wildman–Crippen MR) is 120 cm³/mol. The molecule has 5 nitrogen and oxygen atoms in total. The summed E-state index contributed by atoms with van der Waals surface area (Å²) in [6, 6.07) is 14.1. The van der Waals surface area contributed by atoms with Crippen LogP contribution in [-0.4, -0.2) is 27.2 Å². The van der Waals surface area contributed by atoms with E-state index in [-0.39, 0.29) is 11.9 Å². The van der Waals surface area contributed by atoms with Crippen LogP contribution in [0.1, 0.15) is 42.7 Å². The predicted octanol–water partition coefficient (Wildman–Crippen LogP) is 5.72. The molecule has 0 bridgehead atoms. The van der Waals surface area contributed by atoms with Crippen molar-refractivity contribution in [3.8, 4) is 10.6 Å². The van der Waals surface area contributed by atoms with Crippen LogP contribution in [0.3, 0.4) is 0 Å². The van der Waals surface area contributed by atoms with E-state index < -0.39 is 0 Å². The molecule has 1 aromatic carbocycles. The smallest absolute Gasteiger partial charge is 0.259 e. The van der Waals surface area contributed by atoms with Gasteiger partial charge >= 0.3 is 0 Å². The van der Waals surface area contributed by atoms with E-state index in [0.29, 0.717) is 12.1 Å². The molecular formula is C23H24N4OS. The molecule has 0 saturated carbocycles. The lowest BCUT2D eigenvalue weighted by atomic mass is 10.1. The number of thiophene rings is 1. The lowest BCUT2D eigenvalue weighted by molar-refractivity contribution is 0.0989. The number of para-hydroxylation sites is 1. The highest BCUT2D eigenvalue weighted by molar-refractivity contribution is 7.13. The van der Waals surface area contributed by atoms with Crippen molar-refractivity contribution in [1.82, 2.24) is 14.8 Å². The van der Waals surface area contributed by atoms with Gasteiger partial charge in [0.25, 0.3) is 5.91 Å². The maximum absolute atomic E-state index is 13.7. The number of carbonyl (C=O) groups excluding carboxylic acids is 1. The molecule has 0 aliphatic rings. The first-order valence-electron chi connectivity index (χ1n) is 9.81. The van der Waals surface area contributed by atoms with Crippen LogP contribution in [-0.2, 0) is 0 Å². The highest BCUT2D eigenvalue weighted by atomic mass is 32.1. The molecule has 0 spiro atoms. The van der Waals surface area contributed by atoms with Crippen LogP contribution in [0.5, 0.6) is 0 Å². The Morgan fingerprint density at radius 1 is 1.21 bits per heavy atom. The molecule has 4 aromatic rings. The number of pyridine rings is 1. The Labute approximate surface area is 174 Å². The Balaban J connectivity index is 1.92. The maximum atomic E-state index is 13.7. The molecule has 0 N–H and O–H groups in total. The number of nitrogens with zero attached hydrogens (tertiary/aromatic N) is 4. The van der Waals surface area contributed by atoms with Gasteiger partial charge in [-0.25, -0.2) is 9.67 Å². The van der Waals surface area contributed by atoms with Crippen molar-refractivity contribution in [3.63, 3.8) is 0 Å². The van der Waals surface area contributed by atoms with Crippen molar-refractivity contribution in [2.45, 2.75) is 33.7 Å². The first-order valence-corrected chi connectivity index (χ1v) is 10.7. The molecule has 0 radical (unpaired) electrons. The van der Waals surface area contributed by atoms with Gasteiger partial charge in [-0.15, -0.1) is 11.3 Å². The number of rotatable bonds is 5. The van der Waals surface area contributed by atoms with Crippen molar-refractivity contribution in [3.05, 3.63) is 65.2 Å². The number of benzene rings is 1. The molecule has 0 atom stereocenters. The van der Waals surface area contributed by atoms with Gasteiger partial charge in [0.2, 0.25) is 0 Å². The SMILES string of the molecule is CCN(C(=O)c1cc(-c2cccs2)nc2c1cnn2C(C)C)c1ccccc1C. The van der Waals surface area contributed by atoms with Gasteiger partial charge < -0.3 is 4.90 Å². The lowest BCUT2D eigenvalue weighted by Gasteiger charge is -2.23. The topological polar surface area (TPSA) is 51.0 Å². The largest absolute Gasteiger partial charge is 0.308 e. The second-order valence-electron chi connectivity index (χ2n) is 7.29. The van der Waals surface area contributed by atoms with Gasteiger partial charge in [-0.05, 0) is 56.8 Å². The van der Waals surface area contributed by atoms with Gasteiger partial charge in [0.1, 0.15) is 0 Å². The Kier molecular flexibility index (Phi) is 5.20. The van der Waals surface area contributed by atoms with E-state index in [2.05, 4.69) is 18.9 Å². The van der Waals surface area contributed by atoms with Crippen LogP contribution in [0.4, 0.5) is 5.69 Å². The van der Waals surface area contributed by atoms with Gasteiger partial charge in [0, 0.05) is 18.3 Å². The van der Waals surface area contributed by atoms with Crippen molar-refractivity contribution in [2.24, 2.45) is 0 Å². The van der Waals surface area contributed by atoms with Crippen LogP contribution < -0.4 is 4.90 Å². The molecular weight excluding hydrogens is 380 g/mol. The van der Waals surface area contributed by atoms with E-state index in [0.717, 1.165) is 32.9 Å². The fourth-order valence-electron chi connectivity index (χ4n) is 3.56.